The summed E-state index contributed by atoms with van der Waals surface area (Å²) in [6, 6.07) is 2.40. The Morgan fingerprint density at radius 2 is 1.91 bits per heavy atom. The van der Waals surface area contributed by atoms with Crippen LogP contribution >= 0.6 is 0 Å². The van der Waals surface area contributed by atoms with Crippen molar-refractivity contribution in [3.63, 3.8) is 0 Å². The van der Waals surface area contributed by atoms with E-state index < -0.39 is 23.6 Å². The first-order chi connectivity index (χ1) is 10.4. The van der Waals surface area contributed by atoms with Crippen LogP contribution in [0.3, 0.4) is 0 Å². The molecule has 1 aliphatic heterocycles. The summed E-state index contributed by atoms with van der Waals surface area (Å²) >= 11 is 0. The fourth-order valence-corrected chi connectivity index (χ4v) is 2.91. The molecule has 0 bridgehead atoms. The van der Waals surface area contributed by atoms with Gasteiger partial charge in [-0.15, -0.1) is 0 Å². The largest absolute Gasteiger partial charge is 0.416 e. The molecule has 1 saturated heterocycles. The lowest BCUT2D eigenvalue weighted by Gasteiger charge is -2.36. The van der Waals surface area contributed by atoms with Crippen LogP contribution in [-0.2, 0) is 6.18 Å². The zero-order valence-corrected chi connectivity index (χ0v) is 12.2. The Hall–Kier alpha value is -1.18. The first-order valence-electron chi connectivity index (χ1n) is 7.36. The van der Waals surface area contributed by atoms with Gasteiger partial charge in [0.25, 0.3) is 0 Å². The normalized spacial score (nSPS) is 18.4. The van der Waals surface area contributed by atoms with E-state index in [4.69, 9.17) is 5.11 Å². The molecule has 0 spiro atoms. The van der Waals surface area contributed by atoms with E-state index in [-0.39, 0.29) is 12.2 Å². The Morgan fingerprint density at radius 1 is 1.23 bits per heavy atom. The molecule has 1 aromatic carbocycles. The van der Waals surface area contributed by atoms with Gasteiger partial charge in [0.15, 0.2) is 0 Å². The van der Waals surface area contributed by atoms with E-state index in [0.29, 0.717) is 39.0 Å². The third-order valence-electron chi connectivity index (χ3n) is 3.92. The van der Waals surface area contributed by atoms with Gasteiger partial charge in [0.2, 0.25) is 0 Å². The van der Waals surface area contributed by atoms with Gasteiger partial charge in [0.05, 0.1) is 5.56 Å². The molecule has 0 radical (unpaired) electrons. The van der Waals surface area contributed by atoms with Gasteiger partial charge in [-0.25, -0.2) is 4.39 Å². The number of piperazine rings is 1. The van der Waals surface area contributed by atoms with E-state index in [2.05, 4.69) is 5.32 Å². The number of nitrogens with one attached hydrogen (secondary N) is 1. The summed E-state index contributed by atoms with van der Waals surface area (Å²) < 4.78 is 53.9. The summed E-state index contributed by atoms with van der Waals surface area (Å²) in [4.78, 5) is 1.86. The van der Waals surface area contributed by atoms with Crippen molar-refractivity contribution in [2.45, 2.75) is 25.1 Å². The highest BCUT2D eigenvalue weighted by Crippen LogP contribution is 2.39. The minimum Gasteiger partial charge on any atom is -0.396 e. The average molecular weight is 320 g/mol. The Bertz CT molecular complexity index is 487. The Labute approximate surface area is 126 Å². The van der Waals surface area contributed by atoms with Gasteiger partial charge in [-0.3, -0.25) is 4.90 Å². The topological polar surface area (TPSA) is 35.5 Å². The van der Waals surface area contributed by atoms with Crippen molar-refractivity contribution in [3.8, 4) is 0 Å². The molecule has 7 heteroatoms. The molecule has 1 aromatic rings. The SMILES string of the molecule is OCCC[C@H](c1c(F)cccc1C(F)(F)F)N1CCNCC1. The first kappa shape index (κ1) is 17.2. The van der Waals surface area contributed by atoms with E-state index in [1.165, 1.54) is 0 Å². The van der Waals surface area contributed by atoms with Gasteiger partial charge < -0.3 is 10.4 Å². The summed E-state index contributed by atoms with van der Waals surface area (Å²) in [5, 5.41) is 12.1. The van der Waals surface area contributed by atoms with Crippen LogP contribution in [0.4, 0.5) is 17.6 Å². The molecule has 1 heterocycles. The van der Waals surface area contributed by atoms with Crippen LogP contribution in [0.25, 0.3) is 0 Å². The zero-order valence-electron chi connectivity index (χ0n) is 12.2. The summed E-state index contributed by atoms with van der Waals surface area (Å²) in [6.45, 7) is 2.30. The van der Waals surface area contributed by atoms with Crippen molar-refractivity contribution >= 4 is 0 Å². The molecule has 1 aliphatic rings. The number of benzene rings is 1. The molecule has 2 N–H and O–H groups in total. The Balaban J connectivity index is 2.41. The second-order valence-corrected chi connectivity index (χ2v) is 5.37. The maximum absolute atomic E-state index is 14.2. The number of aliphatic hydroxyl groups is 1. The molecule has 0 unspecified atom stereocenters. The van der Waals surface area contributed by atoms with Crippen LogP contribution in [0.2, 0.25) is 0 Å². The lowest BCUT2D eigenvalue weighted by molar-refractivity contribution is -0.139. The number of hydrogen-bond acceptors (Lipinski definition) is 3. The van der Waals surface area contributed by atoms with Crippen LogP contribution < -0.4 is 5.32 Å². The molecular weight excluding hydrogens is 300 g/mol. The monoisotopic (exact) mass is 320 g/mol. The number of nitrogens with zero attached hydrogens (tertiary/aromatic N) is 1. The van der Waals surface area contributed by atoms with Crippen LogP contribution in [0.1, 0.15) is 30.0 Å². The van der Waals surface area contributed by atoms with Gasteiger partial charge in [0.1, 0.15) is 5.82 Å². The van der Waals surface area contributed by atoms with Crippen molar-refractivity contribution in [2.75, 3.05) is 32.8 Å². The first-order valence-corrected chi connectivity index (χ1v) is 7.36. The molecule has 0 aromatic heterocycles. The molecule has 0 aliphatic carbocycles. The summed E-state index contributed by atoms with van der Waals surface area (Å²) in [5.41, 5.74) is -1.22. The molecule has 0 saturated carbocycles. The zero-order chi connectivity index (χ0) is 16.2. The predicted octanol–water partition coefficient (Wildman–Crippen LogP) is 2.56. The van der Waals surface area contributed by atoms with Crippen molar-refractivity contribution in [2.24, 2.45) is 0 Å². The van der Waals surface area contributed by atoms with Crippen molar-refractivity contribution in [3.05, 3.63) is 35.1 Å². The molecular formula is C15H20F4N2O. The molecule has 2 rings (SSSR count). The minimum atomic E-state index is -4.59. The molecule has 1 atom stereocenters. The van der Waals surface area contributed by atoms with Crippen molar-refractivity contribution in [1.82, 2.24) is 10.2 Å². The number of rotatable bonds is 5. The summed E-state index contributed by atoms with van der Waals surface area (Å²) in [7, 11) is 0. The van der Waals surface area contributed by atoms with Gasteiger partial charge in [-0.1, -0.05) is 6.07 Å². The van der Waals surface area contributed by atoms with Crippen LogP contribution in [0, 0.1) is 5.82 Å². The van der Waals surface area contributed by atoms with Gasteiger partial charge >= 0.3 is 6.18 Å². The van der Waals surface area contributed by atoms with Crippen molar-refractivity contribution < 1.29 is 22.7 Å². The number of aliphatic hydroxyl groups excluding tert-OH is 1. The molecule has 1 fully saturated rings. The maximum Gasteiger partial charge on any atom is 0.416 e. The fraction of sp³-hybridized carbons (Fsp3) is 0.600. The van der Waals surface area contributed by atoms with E-state index in [1.54, 1.807) is 0 Å². The highest BCUT2D eigenvalue weighted by atomic mass is 19.4. The van der Waals surface area contributed by atoms with E-state index in [1.807, 2.05) is 4.90 Å². The van der Waals surface area contributed by atoms with Crippen LogP contribution in [0.5, 0.6) is 0 Å². The average Bonchev–Trinajstić information content (AvgIpc) is 2.49. The highest BCUT2D eigenvalue weighted by molar-refractivity contribution is 5.34. The summed E-state index contributed by atoms with van der Waals surface area (Å²) in [6.07, 6.45) is -3.97. The number of hydrogen-bond donors (Lipinski definition) is 2. The van der Waals surface area contributed by atoms with E-state index >= 15 is 0 Å². The second-order valence-electron chi connectivity index (χ2n) is 5.37. The van der Waals surface area contributed by atoms with Gasteiger partial charge in [-0.2, -0.15) is 13.2 Å². The third-order valence-corrected chi connectivity index (χ3v) is 3.92. The lowest BCUT2D eigenvalue weighted by atomic mass is 9.94. The highest BCUT2D eigenvalue weighted by Gasteiger charge is 2.38. The van der Waals surface area contributed by atoms with E-state index in [9.17, 15) is 17.6 Å². The van der Waals surface area contributed by atoms with Crippen molar-refractivity contribution in [1.29, 1.82) is 0 Å². The molecule has 124 valence electrons. The van der Waals surface area contributed by atoms with Gasteiger partial charge in [0, 0.05) is 44.4 Å². The maximum atomic E-state index is 14.2. The van der Waals surface area contributed by atoms with E-state index in [0.717, 1.165) is 18.2 Å². The Morgan fingerprint density at radius 3 is 2.50 bits per heavy atom. The third kappa shape index (κ3) is 3.97. The molecule has 22 heavy (non-hydrogen) atoms. The number of halogens is 4. The van der Waals surface area contributed by atoms with Crippen LogP contribution in [0.15, 0.2) is 18.2 Å². The smallest absolute Gasteiger partial charge is 0.396 e. The Kier molecular flexibility index (Phi) is 5.77. The quantitative estimate of drug-likeness (QED) is 0.819. The van der Waals surface area contributed by atoms with Crippen LogP contribution in [-0.4, -0.2) is 42.8 Å². The summed E-state index contributed by atoms with van der Waals surface area (Å²) in [5.74, 6) is -0.837. The standard InChI is InChI=1S/C15H20F4N2O/c16-12-4-1-3-11(15(17,18)19)14(12)13(5-2-10-22)21-8-6-20-7-9-21/h1,3-4,13,20,22H,2,5-10H2/t13-/m1/s1. The predicted molar refractivity (Wildman–Crippen MR) is 74.9 cm³/mol. The fourth-order valence-electron chi connectivity index (χ4n) is 2.91. The van der Waals surface area contributed by atoms with Gasteiger partial charge in [-0.05, 0) is 25.0 Å². The lowest BCUT2D eigenvalue weighted by Crippen LogP contribution is -2.45. The minimum absolute atomic E-state index is 0.127. The molecule has 3 nitrogen and oxygen atoms in total. The molecule has 0 amide bonds. The number of alkyl halides is 3. The second kappa shape index (κ2) is 7.39.